The summed E-state index contributed by atoms with van der Waals surface area (Å²) in [5, 5.41) is 3.41. The van der Waals surface area contributed by atoms with Gasteiger partial charge in [0.15, 0.2) is 0 Å². The van der Waals surface area contributed by atoms with E-state index in [1.54, 1.807) is 0 Å². The minimum absolute atomic E-state index is 0.252. The standard InChI is InChI=1S/C11H25NO2/c1-5-7-12-10(3)11(4)14-9-8-13-6-2/h10-12H,5-9H2,1-4H3. The zero-order chi connectivity index (χ0) is 10.8. The molecule has 0 spiro atoms. The smallest absolute Gasteiger partial charge is 0.0704 e. The largest absolute Gasteiger partial charge is 0.379 e. The number of rotatable bonds is 9. The Bertz CT molecular complexity index is 120. The van der Waals surface area contributed by atoms with Crippen LogP contribution in [0.5, 0.6) is 0 Å². The van der Waals surface area contributed by atoms with Gasteiger partial charge in [-0.3, -0.25) is 0 Å². The van der Waals surface area contributed by atoms with E-state index in [4.69, 9.17) is 9.47 Å². The molecule has 0 aromatic rings. The first-order valence-electron chi connectivity index (χ1n) is 5.65. The van der Waals surface area contributed by atoms with Gasteiger partial charge in [0.05, 0.1) is 19.3 Å². The van der Waals surface area contributed by atoms with Crippen molar-refractivity contribution in [2.75, 3.05) is 26.4 Å². The van der Waals surface area contributed by atoms with Gasteiger partial charge in [0.1, 0.15) is 0 Å². The maximum absolute atomic E-state index is 5.62. The van der Waals surface area contributed by atoms with E-state index in [0.717, 1.165) is 19.6 Å². The highest BCUT2D eigenvalue weighted by Gasteiger charge is 2.10. The maximum Gasteiger partial charge on any atom is 0.0704 e. The molecule has 0 aliphatic carbocycles. The molecule has 2 unspecified atom stereocenters. The van der Waals surface area contributed by atoms with Crippen LogP contribution in [0.1, 0.15) is 34.1 Å². The molecule has 0 fully saturated rings. The lowest BCUT2D eigenvalue weighted by Gasteiger charge is -2.21. The molecule has 0 saturated heterocycles. The minimum atomic E-state index is 0.252. The molecule has 0 radical (unpaired) electrons. The van der Waals surface area contributed by atoms with E-state index in [1.165, 1.54) is 0 Å². The van der Waals surface area contributed by atoms with Gasteiger partial charge in [0.2, 0.25) is 0 Å². The average Bonchev–Trinajstić information content (AvgIpc) is 2.20. The van der Waals surface area contributed by atoms with E-state index in [9.17, 15) is 0 Å². The summed E-state index contributed by atoms with van der Waals surface area (Å²) in [6, 6.07) is 0.413. The number of hydrogen-bond acceptors (Lipinski definition) is 3. The molecule has 0 rings (SSSR count). The number of nitrogens with one attached hydrogen (secondary N) is 1. The van der Waals surface area contributed by atoms with Crippen LogP contribution in [-0.2, 0) is 9.47 Å². The first kappa shape index (κ1) is 13.9. The molecule has 0 saturated carbocycles. The summed E-state index contributed by atoms with van der Waals surface area (Å²) in [5.41, 5.74) is 0. The summed E-state index contributed by atoms with van der Waals surface area (Å²) in [7, 11) is 0. The molecule has 3 nitrogen and oxygen atoms in total. The normalized spacial score (nSPS) is 15.4. The van der Waals surface area contributed by atoms with Crippen molar-refractivity contribution >= 4 is 0 Å². The second-order valence-electron chi connectivity index (χ2n) is 3.52. The fraction of sp³-hybridized carbons (Fsp3) is 1.00. The maximum atomic E-state index is 5.62. The van der Waals surface area contributed by atoms with Gasteiger partial charge in [0.25, 0.3) is 0 Å². The molecule has 0 aromatic carbocycles. The first-order chi connectivity index (χ1) is 6.72. The summed E-state index contributed by atoms with van der Waals surface area (Å²) in [5.74, 6) is 0. The molecule has 0 amide bonds. The Hall–Kier alpha value is -0.120. The van der Waals surface area contributed by atoms with Crippen LogP contribution in [0.4, 0.5) is 0 Å². The van der Waals surface area contributed by atoms with Gasteiger partial charge >= 0.3 is 0 Å². The Balaban J connectivity index is 3.36. The lowest BCUT2D eigenvalue weighted by atomic mass is 10.2. The molecule has 0 aliphatic heterocycles. The van der Waals surface area contributed by atoms with Crippen LogP contribution in [0, 0.1) is 0 Å². The van der Waals surface area contributed by atoms with Crippen molar-refractivity contribution in [2.45, 2.75) is 46.3 Å². The van der Waals surface area contributed by atoms with Gasteiger partial charge in [-0.2, -0.15) is 0 Å². The van der Waals surface area contributed by atoms with Crippen LogP contribution in [-0.4, -0.2) is 38.5 Å². The fourth-order valence-electron chi connectivity index (χ4n) is 1.12. The third-order valence-electron chi connectivity index (χ3n) is 2.23. The van der Waals surface area contributed by atoms with Gasteiger partial charge < -0.3 is 14.8 Å². The van der Waals surface area contributed by atoms with E-state index in [2.05, 4.69) is 26.1 Å². The zero-order valence-corrected chi connectivity index (χ0v) is 10.0. The number of ether oxygens (including phenoxy) is 2. The van der Waals surface area contributed by atoms with Gasteiger partial charge in [0, 0.05) is 12.6 Å². The quantitative estimate of drug-likeness (QED) is 0.580. The molecular weight excluding hydrogens is 178 g/mol. The van der Waals surface area contributed by atoms with Gasteiger partial charge in [-0.15, -0.1) is 0 Å². The lowest BCUT2D eigenvalue weighted by molar-refractivity contribution is 0.00212. The minimum Gasteiger partial charge on any atom is -0.379 e. The third kappa shape index (κ3) is 7.30. The van der Waals surface area contributed by atoms with Crippen LogP contribution in [0.15, 0.2) is 0 Å². The van der Waals surface area contributed by atoms with E-state index in [1.807, 2.05) is 6.92 Å². The van der Waals surface area contributed by atoms with Crippen LogP contribution in [0.25, 0.3) is 0 Å². The summed E-state index contributed by atoms with van der Waals surface area (Å²) >= 11 is 0. The van der Waals surface area contributed by atoms with E-state index in [-0.39, 0.29) is 6.10 Å². The van der Waals surface area contributed by atoms with Crippen molar-refractivity contribution in [3.8, 4) is 0 Å². The Morgan fingerprint density at radius 3 is 2.43 bits per heavy atom. The Morgan fingerprint density at radius 2 is 1.86 bits per heavy atom. The number of hydrogen-bond donors (Lipinski definition) is 1. The summed E-state index contributed by atoms with van der Waals surface area (Å²) in [4.78, 5) is 0. The lowest BCUT2D eigenvalue weighted by Crippen LogP contribution is -2.38. The monoisotopic (exact) mass is 203 g/mol. The SMILES string of the molecule is CCCNC(C)C(C)OCCOCC. The molecule has 0 heterocycles. The predicted molar refractivity (Wildman–Crippen MR) is 59.7 cm³/mol. The van der Waals surface area contributed by atoms with Crippen molar-refractivity contribution in [3.63, 3.8) is 0 Å². The zero-order valence-electron chi connectivity index (χ0n) is 10.0. The van der Waals surface area contributed by atoms with Gasteiger partial charge in [-0.05, 0) is 33.7 Å². The summed E-state index contributed by atoms with van der Waals surface area (Å²) in [6.07, 6.45) is 1.41. The van der Waals surface area contributed by atoms with E-state index >= 15 is 0 Å². The molecule has 0 aromatic heterocycles. The highest BCUT2D eigenvalue weighted by atomic mass is 16.5. The molecular formula is C11H25NO2. The highest BCUT2D eigenvalue weighted by Crippen LogP contribution is 1.98. The van der Waals surface area contributed by atoms with Crippen molar-refractivity contribution in [1.29, 1.82) is 0 Å². The second kappa shape index (κ2) is 9.44. The van der Waals surface area contributed by atoms with Crippen LogP contribution in [0.2, 0.25) is 0 Å². The first-order valence-corrected chi connectivity index (χ1v) is 5.65. The molecule has 1 N–H and O–H groups in total. The summed E-state index contributed by atoms with van der Waals surface area (Å²) in [6.45, 7) is 11.6. The van der Waals surface area contributed by atoms with Crippen molar-refractivity contribution in [3.05, 3.63) is 0 Å². The van der Waals surface area contributed by atoms with Gasteiger partial charge in [-0.1, -0.05) is 6.92 Å². The fourth-order valence-corrected chi connectivity index (χ4v) is 1.12. The van der Waals surface area contributed by atoms with Crippen molar-refractivity contribution in [1.82, 2.24) is 5.32 Å². The van der Waals surface area contributed by atoms with Crippen LogP contribution < -0.4 is 5.32 Å². The van der Waals surface area contributed by atoms with Crippen molar-refractivity contribution < 1.29 is 9.47 Å². The Labute approximate surface area is 88.2 Å². The molecule has 14 heavy (non-hydrogen) atoms. The Morgan fingerprint density at radius 1 is 1.14 bits per heavy atom. The second-order valence-corrected chi connectivity index (χ2v) is 3.52. The predicted octanol–water partition coefficient (Wildman–Crippen LogP) is 1.82. The van der Waals surface area contributed by atoms with E-state index in [0.29, 0.717) is 19.3 Å². The third-order valence-corrected chi connectivity index (χ3v) is 2.23. The molecule has 3 heteroatoms. The van der Waals surface area contributed by atoms with E-state index < -0.39 is 0 Å². The summed E-state index contributed by atoms with van der Waals surface area (Å²) < 4.78 is 10.8. The topological polar surface area (TPSA) is 30.5 Å². The molecule has 86 valence electrons. The van der Waals surface area contributed by atoms with Crippen molar-refractivity contribution in [2.24, 2.45) is 0 Å². The molecule has 2 atom stereocenters. The Kier molecular flexibility index (Phi) is 9.35. The molecule has 0 aliphatic rings. The molecule has 0 bridgehead atoms. The van der Waals surface area contributed by atoms with Crippen LogP contribution >= 0.6 is 0 Å². The average molecular weight is 203 g/mol. The van der Waals surface area contributed by atoms with Gasteiger partial charge in [-0.25, -0.2) is 0 Å². The highest BCUT2D eigenvalue weighted by molar-refractivity contribution is 4.67. The van der Waals surface area contributed by atoms with Crippen LogP contribution in [0.3, 0.4) is 0 Å².